The van der Waals surface area contributed by atoms with Gasteiger partial charge in [-0.2, -0.15) is 0 Å². The normalized spacial score (nSPS) is 19.3. The van der Waals surface area contributed by atoms with Crippen LogP contribution in [-0.4, -0.2) is 35.1 Å². The second-order valence-electron chi connectivity index (χ2n) is 4.74. The Morgan fingerprint density at radius 3 is 2.90 bits per heavy atom. The maximum absolute atomic E-state index is 12.5. The molecule has 2 aromatic heterocycles. The van der Waals surface area contributed by atoms with Gasteiger partial charge in [-0.1, -0.05) is 0 Å². The average molecular weight is 295 g/mol. The van der Waals surface area contributed by atoms with Crippen molar-refractivity contribution in [2.45, 2.75) is 6.04 Å². The van der Waals surface area contributed by atoms with Gasteiger partial charge in [0.25, 0.3) is 5.91 Å². The first kappa shape index (κ1) is 13.3. The minimum absolute atomic E-state index is 0.111. The van der Waals surface area contributed by atoms with E-state index in [0.29, 0.717) is 19.8 Å². The van der Waals surface area contributed by atoms with E-state index in [0.717, 1.165) is 5.69 Å². The predicted octanol–water partition coefficient (Wildman–Crippen LogP) is 2.49. The van der Waals surface area contributed by atoms with Crippen LogP contribution in [0.5, 0.6) is 0 Å². The van der Waals surface area contributed by atoms with Crippen molar-refractivity contribution in [1.29, 1.82) is 0 Å². The number of aromatic nitrogens is 1. The minimum atomic E-state index is -0.161. The molecule has 0 bridgehead atoms. The fourth-order valence-corrected chi connectivity index (χ4v) is 2.63. The highest BCUT2D eigenvalue weighted by Gasteiger charge is 2.32. The van der Waals surface area contributed by atoms with Crippen molar-refractivity contribution in [1.82, 2.24) is 9.47 Å². The summed E-state index contributed by atoms with van der Waals surface area (Å²) in [6.07, 6.45) is 1.95. The highest BCUT2D eigenvalue weighted by Crippen LogP contribution is 2.27. The first-order chi connectivity index (χ1) is 9.66. The van der Waals surface area contributed by atoms with E-state index in [1.165, 1.54) is 0 Å². The van der Waals surface area contributed by atoms with Crippen molar-refractivity contribution >= 4 is 17.5 Å². The fraction of sp³-hybridized carbons (Fsp3) is 0.357. The molecule has 1 aliphatic rings. The van der Waals surface area contributed by atoms with Gasteiger partial charge < -0.3 is 18.6 Å². The van der Waals surface area contributed by atoms with E-state index >= 15 is 0 Å². The highest BCUT2D eigenvalue weighted by molar-refractivity contribution is 6.29. The molecule has 6 heteroatoms. The SMILES string of the molecule is Cn1cccc1[C@@H]1COCCN1C(=O)c1ccc(Cl)o1. The molecule has 3 heterocycles. The van der Waals surface area contributed by atoms with Gasteiger partial charge in [-0.15, -0.1) is 0 Å². The molecular weight excluding hydrogens is 280 g/mol. The topological polar surface area (TPSA) is 47.6 Å². The largest absolute Gasteiger partial charge is 0.440 e. The van der Waals surface area contributed by atoms with Crippen LogP contribution in [-0.2, 0) is 11.8 Å². The smallest absolute Gasteiger partial charge is 0.290 e. The Morgan fingerprint density at radius 1 is 1.40 bits per heavy atom. The number of hydrogen-bond donors (Lipinski definition) is 0. The number of nitrogens with zero attached hydrogens (tertiary/aromatic N) is 2. The molecule has 20 heavy (non-hydrogen) atoms. The summed E-state index contributed by atoms with van der Waals surface area (Å²) in [5.41, 5.74) is 1.04. The van der Waals surface area contributed by atoms with Gasteiger partial charge in [0.15, 0.2) is 11.0 Å². The van der Waals surface area contributed by atoms with Gasteiger partial charge in [0.05, 0.1) is 19.3 Å². The van der Waals surface area contributed by atoms with Crippen LogP contribution in [0.3, 0.4) is 0 Å². The van der Waals surface area contributed by atoms with E-state index in [2.05, 4.69) is 0 Å². The van der Waals surface area contributed by atoms with E-state index in [1.807, 2.05) is 29.9 Å². The average Bonchev–Trinajstić information content (AvgIpc) is 3.07. The number of morpholine rings is 1. The summed E-state index contributed by atoms with van der Waals surface area (Å²) >= 11 is 5.74. The van der Waals surface area contributed by atoms with Crippen molar-refractivity contribution in [2.75, 3.05) is 19.8 Å². The molecule has 0 aliphatic carbocycles. The monoisotopic (exact) mass is 294 g/mol. The van der Waals surface area contributed by atoms with Crippen LogP contribution in [0, 0.1) is 0 Å². The van der Waals surface area contributed by atoms with Gasteiger partial charge in [-0.05, 0) is 35.9 Å². The van der Waals surface area contributed by atoms with Gasteiger partial charge in [0.1, 0.15) is 0 Å². The zero-order valence-electron chi connectivity index (χ0n) is 11.1. The lowest BCUT2D eigenvalue weighted by Crippen LogP contribution is -2.43. The fourth-order valence-electron chi connectivity index (χ4n) is 2.48. The van der Waals surface area contributed by atoms with Crippen molar-refractivity contribution in [2.24, 2.45) is 7.05 Å². The van der Waals surface area contributed by atoms with E-state index in [-0.39, 0.29) is 22.9 Å². The molecule has 0 spiro atoms. The number of ether oxygens (including phenoxy) is 1. The van der Waals surface area contributed by atoms with Crippen LogP contribution in [0.1, 0.15) is 22.3 Å². The maximum Gasteiger partial charge on any atom is 0.290 e. The number of rotatable bonds is 2. The third kappa shape index (κ3) is 2.34. The summed E-state index contributed by atoms with van der Waals surface area (Å²) in [5.74, 6) is 0.0995. The standard InChI is InChI=1S/C14H15ClN2O3/c1-16-6-2-3-10(16)11-9-19-8-7-17(11)14(18)12-4-5-13(15)20-12/h2-6,11H,7-9H2,1H3/t11-/m0/s1. The summed E-state index contributed by atoms with van der Waals surface area (Å²) in [6, 6.07) is 7.01. The van der Waals surface area contributed by atoms with Crippen LogP contribution >= 0.6 is 11.6 Å². The number of furan rings is 1. The number of carbonyl (C=O) groups is 1. The second-order valence-corrected chi connectivity index (χ2v) is 5.11. The van der Waals surface area contributed by atoms with Gasteiger partial charge in [-0.3, -0.25) is 4.79 Å². The molecule has 1 saturated heterocycles. The Hall–Kier alpha value is -1.72. The van der Waals surface area contributed by atoms with Crippen molar-refractivity contribution in [3.8, 4) is 0 Å². The Bertz CT molecular complexity index is 619. The lowest BCUT2D eigenvalue weighted by Gasteiger charge is -2.35. The zero-order valence-corrected chi connectivity index (χ0v) is 11.8. The van der Waals surface area contributed by atoms with Crippen LogP contribution in [0.25, 0.3) is 0 Å². The second kappa shape index (κ2) is 5.34. The molecule has 0 unspecified atom stereocenters. The highest BCUT2D eigenvalue weighted by atomic mass is 35.5. The molecule has 2 aromatic rings. The molecule has 1 atom stereocenters. The number of halogens is 1. The number of aryl methyl sites for hydroxylation is 1. The quantitative estimate of drug-likeness (QED) is 0.855. The minimum Gasteiger partial charge on any atom is -0.440 e. The number of carbonyl (C=O) groups excluding carboxylic acids is 1. The first-order valence-electron chi connectivity index (χ1n) is 6.42. The summed E-state index contributed by atoms with van der Waals surface area (Å²) in [4.78, 5) is 14.3. The molecule has 106 valence electrons. The van der Waals surface area contributed by atoms with Crippen molar-refractivity contribution < 1.29 is 13.9 Å². The Kier molecular flexibility index (Phi) is 3.54. The van der Waals surface area contributed by atoms with Crippen molar-refractivity contribution in [3.05, 3.63) is 47.1 Å². The summed E-state index contributed by atoms with van der Waals surface area (Å²) in [5, 5.41) is 0.219. The lowest BCUT2D eigenvalue weighted by molar-refractivity contribution is -0.00616. The van der Waals surface area contributed by atoms with Crippen LogP contribution < -0.4 is 0 Å². The third-order valence-corrected chi connectivity index (χ3v) is 3.70. The molecule has 0 saturated carbocycles. The molecule has 1 fully saturated rings. The molecule has 0 aromatic carbocycles. The lowest BCUT2D eigenvalue weighted by atomic mass is 10.1. The predicted molar refractivity (Wildman–Crippen MR) is 73.7 cm³/mol. The zero-order chi connectivity index (χ0) is 14.1. The van der Waals surface area contributed by atoms with Gasteiger partial charge in [-0.25, -0.2) is 0 Å². The van der Waals surface area contributed by atoms with Crippen molar-refractivity contribution in [3.63, 3.8) is 0 Å². The Balaban J connectivity index is 1.89. The number of amides is 1. The van der Waals surface area contributed by atoms with E-state index in [9.17, 15) is 4.79 Å². The van der Waals surface area contributed by atoms with Crippen LogP contribution in [0.2, 0.25) is 5.22 Å². The van der Waals surface area contributed by atoms with Crippen LogP contribution in [0.4, 0.5) is 0 Å². The molecule has 3 rings (SSSR count). The molecule has 1 aliphatic heterocycles. The van der Waals surface area contributed by atoms with Gasteiger partial charge in [0.2, 0.25) is 0 Å². The molecule has 0 N–H and O–H groups in total. The summed E-state index contributed by atoms with van der Waals surface area (Å²) in [6.45, 7) is 1.55. The van der Waals surface area contributed by atoms with Crippen LogP contribution in [0.15, 0.2) is 34.9 Å². The summed E-state index contributed by atoms with van der Waals surface area (Å²) < 4.78 is 12.7. The van der Waals surface area contributed by atoms with Gasteiger partial charge in [0, 0.05) is 25.5 Å². The first-order valence-corrected chi connectivity index (χ1v) is 6.80. The molecule has 5 nitrogen and oxygen atoms in total. The molecule has 0 radical (unpaired) electrons. The van der Waals surface area contributed by atoms with E-state index in [1.54, 1.807) is 17.0 Å². The molecular formula is C14H15ClN2O3. The van der Waals surface area contributed by atoms with E-state index in [4.69, 9.17) is 20.8 Å². The van der Waals surface area contributed by atoms with E-state index < -0.39 is 0 Å². The third-order valence-electron chi connectivity index (χ3n) is 3.50. The molecule has 1 amide bonds. The summed E-state index contributed by atoms with van der Waals surface area (Å²) in [7, 11) is 1.95. The Morgan fingerprint density at radius 2 is 2.25 bits per heavy atom. The number of hydrogen-bond acceptors (Lipinski definition) is 3. The Labute approximate surface area is 121 Å². The van der Waals surface area contributed by atoms with Gasteiger partial charge >= 0.3 is 0 Å². The maximum atomic E-state index is 12.5.